The number of hydrogen-bond acceptors (Lipinski definition) is 4. The second-order valence-electron chi connectivity index (χ2n) is 6.42. The van der Waals surface area contributed by atoms with Gasteiger partial charge in [0.1, 0.15) is 5.75 Å². The van der Waals surface area contributed by atoms with Gasteiger partial charge in [0.25, 0.3) is 0 Å². The second-order valence-corrected chi connectivity index (χ2v) is 6.42. The monoisotopic (exact) mass is 337 g/mol. The van der Waals surface area contributed by atoms with Crippen molar-refractivity contribution < 1.29 is 14.2 Å². The van der Waals surface area contributed by atoms with E-state index in [0.29, 0.717) is 6.61 Å². The van der Waals surface area contributed by atoms with Gasteiger partial charge in [0, 0.05) is 23.3 Å². The lowest BCUT2D eigenvalue weighted by Gasteiger charge is -2.27. The van der Waals surface area contributed by atoms with Crippen molar-refractivity contribution in [2.75, 3.05) is 13.4 Å². The molecule has 0 amide bonds. The summed E-state index contributed by atoms with van der Waals surface area (Å²) in [5.74, 6) is 2.78. The maximum absolute atomic E-state index is 5.90. The van der Waals surface area contributed by atoms with Gasteiger partial charge in [-0.25, -0.2) is 0 Å². The summed E-state index contributed by atoms with van der Waals surface area (Å²) < 4.78 is 17.0. The van der Waals surface area contributed by atoms with E-state index in [4.69, 9.17) is 19.2 Å². The number of para-hydroxylation sites is 1. The zero-order chi connectivity index (χ0) is 17.2. The topological polar surface area (TPSA) is 40.0 Å². The summed E-state index contributed by atoms with van der Waals surface area (Å²) >= 11 is 0. The number of benzene rings is 2. The lowest BCUT2D eigenvalue weighted by Crippen LogP contribution is -2.14. The summed E-state index contributed by atoms with van der Waals surface area (Å²) in [4.78, 5) is 4.90. The Bertz CT molecular complexity index is 813. The van der Waals surface area contributed by atoms with Crippen molar-refractivity contribution in [3.63, 3.8) is 0 Å². The lowest BCUT2D eigenvalue weighted by atomic mass is 9.82. The van der Waals surface area contributed by atoms with Crippen molar-refractivity contribution >= 4 is 11.4 Å². The van der Waals surface area contributed by atoms with Gasteiger partial charge in [-0.15, -0.1) is 0 Å². The summed E-state index contributed by atoms with van der Waals surface area (Å²) in [5.41, 5.74) is 4.64. The second kappa shape index (κ2) is 6.79. The van der Waals surface area contributed by atoms with Gasteiger partial charge in [0.15, 0.2) is 11.5 Å². The van der Waals surface area contributed by atoms with E-state index < -0.39 is 0 Å². The van der Waals surface area contributed by atoms with Crippen LogP contribution in [-0.2, 0) is 0 Å². The van der Waals surface area contributed by atoms with Gasteiger partial charge in [-0.3, -0.25) is 4.99 Å². The van der Waals surface area contributed by atoms with Crippen LogP contribution in [0.5, 0.6) is 17.2 Å². The molecule has 4 rings (SSSR count). The first-order valence-corrected chi connectivity index (χ1v) is 9.01. The molecule has 0 N–H and O–H groups in total. The van der Waals surface area contributed by atoms with Crippen LogP contribution in [0.3, 0.4) is 0 Å². The minimum absolute atomic E-state index is 0.228. The van der Waals surface area contributed by atoms with Gasteiger partial charge in [-0.05, 0) is 37.5 Å². The van der Waals surface area contributed by atoms with Gasteiger partial charge in [-0.2, -0.15) is 0 Å². The predicted octanol–water partition coefficient (Wildman–Crippen LogP) is 5.22. The molecule has 0 spiro atoms. The Morgan fingerprint density at radius 1 is 1.08 bits per heavy atom. The maximum atomic E-state index is 5.90. The van der Waals surface area contributed by atoms with E-state index >= 15 is 0 Å². The van der Waals surface area contributed by atoms with Crippen molar-refractivity contribution in [3.8, 4) is 17.2 Å². The maximum Gasteiger partial charge on any atom is 0.231 e. The number of rotatable bonds is 5. The molecule has 2 aromatic rings. The van der Waals surface area contributed by atoms with E-state index in [9.17, 15) is 0 Å². The van der Waals surface area contributed by atoms with Crippen LogP contribution < -0.4 is 14.2 Å². The first-order valence-electron chi connectivity index (χ1n) is 9.01. The molecule has 0 saturated heterocycles. The van der Waals surface area contributed by atoms with E-state index in [1.807, 2.05) is 19.1 Å². The fourth-order valence-corrected chi connectivity index (χ4v) is 3.66. The van der Waals surface area contributed by atoms with Crippen LogP contribution in [0, 0.1) is 0 Å². The van der Waals surface area contributed by atoms with Crippen molar-refractivity contribution in [3.05, 3.63) is 47.5 Å². The molecule has 0 radical (unpaired) electrons. The molecule has 0 aromatic heterocycles. The van der Waals surface area contributed by atoms with Crippen molar-refractivity contribution in [2.24, 2.45) is 4.99 Å². The summed E-state index contributed by atoms with van der Waals surface area (Å²) in [6.45, 7) is 5.16. The highest BCUT2D eigenvalue weighted by atomic mass is 16.7. The molecule has 2 aromatic carbocycles. The summed E-state index contributed by atoms with van der Waals surface area (Å²) in [6, 6.07) is 12.4. The molecule has 0 fully saturated rings. The molecular weight excluding hydrogens is 314 g/mol. The Morgan fingerprint density at radius 2 is 1.88 bits per heavy atom. The highest BCUT2D eigenvalue weighted by Gasteiger charge is 2.29. The third-order valence-corrected chi connectivity index (χ3v) is 4.75. The zero-order valence-corrected chi connectivity index (χ0v) is 14.7. The lowest BCUT2D eigenvalue weighted by molar-refractivity contribution is 0.174. The van der Waals surface area contributed by atoms with Crippen LogP contribution in [0.15, 0.2) is 41.4 Å². The normalized spacial score (nSPS) is 17.8. The van der Waals surface area contributed by atoms with Gasteiger partial charge < -0.3 is 14.2 Å². The van der Waals surface area contributed by atoms with Gasteiger partial charge in [0.2, 0.25) is 6.79 Å². The Hall–Kier alpha value is -2.49. The van der Waals surface area contributed by atoms with E-state index in [-0.39, 0.29) is 12.7 Å². The van der Waals surface area contributed by atoms with Crippen LogP contribution in [0.2, 0.25) is 0 Å². The molecule has 25 heavy (non-hydrogen) atoms. The van der Waals surface area contributed by atoms with Crippen LogP contribution in [0.25, 0.3) is 0 Å². The van der Waals surface area contributed by atoms with E-state index in [1.54, 1.807) is 0 Å². The number of aliphatic imine (C=N–C) groups is 1. The quantitative estimate of drug-likeness (QED) is 0.751. The first kappa shape index (κ1) is 16.0. The van der Waals surface area contributed by atoms with Crippen molar-refractivity contribution in [2.45, 2.75) is 39.0 Å². The van der Waals surface area contributed by atoms with Gasteiger partial charge >= 0.3 is 0 Å². The van der Waals surface area contributed by atoms with Crippen molar-refractivity contribution in [1.29, 1.82) is 0 Å². The fourth-order valence-electron chi connectivity index (χ4n) is 3.66. The molecule has 0 aliphatic carbocycles. The zero-order valence-electron chi connectivity index (χ0n) is 14.7. The molecule has 2 heterocycles. The van der Waals surface area contributed by atoms with Gasteiger partial charge in [0.05, 0.1) is 12.3 Å². The third kappa shape index (κ3) is 2.97. The number of nitrogens with zero attached hydrogens (tertiary/aromatic N) is 1. The van der Waals surface area contributed by atoms with E-state index in [2.05, 4.69) is 31.2 Å². The molecular formula is C21H23NO3. The molecule has 2 aliphatic rings. The summed E-state index contributed by atoms with van der Waals surface area (Å²) in [6.07, 6.45) is 3.03. The number of ether oxygens (including phenoxy) is 3. The smallest absolute Gasteiger partial charge is 0.231 e. The highest BCUT2D eigenvalue weighted by Crippen LogP contribution is 2.47. The Balaban J connectivity index is 1.83. The molecule has 0 bridgehead atoms. The average Bonchev–Trinajstić information content (AvgIpc) is 3.08. The molecule has 0 saturated carbocycles. The Morgan fingerprint density at radius 3 is 2.68 bits per heavy atom. The Labute approximate surface area is 148 Å². The van der Waals surface area contributed by atoms with E-state index in [1.165, 1.54) is 16.8 Å². The molecule has 2 aliphatic heterocycles. The number of fused-ring (bicyclic) bond motifs is 2. The summed E-state index contributed by atoms with van der Waals surface area (Å²) in [7, 11) is 0. The van der Waals surface area contributed by atoms with Gasteiger partial charge in [-0.1, -0.05) is 31.5 Å². The first-order chi connectivity index (χ1) is 12.3. The molecule has 1 unspecified atom stereocenters. The SMILES string of the molecule is CCCC1=Nc2cc3c(cc2C(c2ccccc2OCC)C1)OCO3. The molecule has 4 heteroatoms. The largest absolute Gasteiger partial charge is 0.494 e. The highest BCUT2D eigenvalue weighted by molar-refractivity contribution is 5.91. The van der Waals surface area contributed by atoms with Crippen molar-refractivity contribution in [1.82, 2.24) is 0 Å². The van der Waals surface area contributed by atoms with Crippen LogP contribution in [0.1, 0.15) is 50.2 Å². The van der Waals surface area contributed by atoms with E-state index in [0.717, 1.165) is 42.2 Å². The summed E-state index contributed by atoms with van der Waals surface area (Å²) in [5, 5.41) is 0. The fraction of sp³-hybridized carbons (Fsp3) is 0.381. The molecule has 4 nitrogen and oxygen atoms in total. The number of hydrogen-bond donors (Lipinski definition) is 0. The Kier molecular flexibility index (Phi) is 4.35. The van der Waals surface area contributed by atoms with Crippen LogP contribution in [-0.4, -0.2) is 19.1 Å². The minimum atomic E-state index is 0.228. The van der Waals surface area contributed by atoms with Crippen LogP contribution >= 0.6 is 0 Å². The molecule has 130 valence electrons. The average molecular weight is 337 g/mol. The standard InChI is InChI=1S/C21H23NO3/c1-3-7-14-10-16(15-8-5-6-9-19(15)23-4-2)17-11-20-21(25-13-24-20)12-18(17)22-14/h5-6,8-9,11-12,16H,3-4,7,10,13H2,1-2H3. The molecule has 1 atom stereocenters. The third-order valence-electron chi connectivity index (χ3n) is 4.75. The minimum Gasteiger partial charge on any atom is -0.494 e. The van der Waals surface area contributed by atoms with Crippen LogP contribution in [0.4, 0.5) is 5.69 Å². The predicted molar refractivity (Wildman–Crippen MR) is 98.6 cm³/mol.